The Balaban J connectivity index is 1.92. The van der Waals surface area contributed by atoms with Crippen LogP contribution in [0.25, 0.3) is 0 Å². The number of nitriles is 1. The molecule has 1 amide bonds. The number of amides is 1. The van der Waals surface area contributed by atoms with Crippen molar-refractivity contribution in [1.29, 1.82) is 5.26 Å². The largest absolute Gasteiger partial charge is 0.369 e. The zero-order chi connectivity index (χ0) is 17.7. The third-order valence-corrected chi connectivity index (χ3v) is 5.13. The zero-order valence-electron chi connectivity index (χ0n) is 15.1. The van der Waals surface area contributed by atoms with E-state index in [0.717, 1.165) is 26.2 Å². The monoisotopic (exact) mass is 328 g/mol. The van der Waals surface area contributed by atoms with Crippen molar-refractivity contribution in [2.75, 3.05) is 31.1 Å². The van der Waals surface area contributed by atoms with Crippen molar-refractivity contribution in [1.82, 2.24) is 10.2 Å². The Morgan fingerprint density at radius 2 is 1.75 bits per heavy atom. The lowest BCUT2D eigenvalue weighted by atomic mass is 9.89. The summed E-state index contributed by atoms with van der Waals surface area (Å²) in [6.07, 6.45) is 0. The van der Waals surface area contributed by atoms with Gasteiger partial charge in [-0.15, -0.1) is 0 Å². The van der Waals surface area contributed by atoms with Crippen molar-refractivity contribution in [3.63, 3.8) is 0 Å². The highest BCUT2D eigenvalue weighted by atomic mass is 16.2. The molecule has 5 heteroatoms. The molecule has 0 bridgehead atoms. The first-order valence-electron chi connectivity index (χ1n) is 8.64. The fourth-order valence-electron chi connectivity index (χ4n) is 2.83. The van der Waals surface area contributed by atoms with E-state index in [9.17, 15) is 10.1 Å². The maximum Gasteiger partial charge on any atom is 0.238 e. The van der Waals surface area contributed by atoms with Gasteiger partial charge in [0.1, 0.15) is 5.54 Å². The Morgan fingerprint density at radius 3 is 2.25 bits per heavy atom. The second-order valence-corrected chi connectivity index (χ2v) is 6.99. The molecule has 1 heterocycles. The van der Waals surface area contributed by atoms with E-state index >= 15 is 0 Å². The lowest BCUT2D eigenvalue weighted by Gasteiger charge is -2.39. The second kappa shape index (κ2) is 7.67. The number of carbonyl (C=O) groups is 1. The van der Waals surface area contributed by atoms with Crippen LogP contribution < -0.4 is 10.2 Å². The van der Waals surface area contributed by atoms with Crippen LogP contribution in [0.4, 0.5) is 5.69 Å². The van der Waals surface area contributed by atoms with E-state index in [1.54, 1.807) is 6.92 Å². The van der Waals surface area contributed by atoms with Crippen molar-refractivity contribution in [3.05, 3.63) is 30.3 Å². The van der Waals surface area contributed by atoms with Crippen LogP contribution >= 0.6 is 0 Å². The van der Waals surface area contributed by atoms with Gasteiger partial charge in [-0.25, -0.2) is 0 Å². The molecule has 2 rings (SSSR count). The molecule has 24 heavy (non-hydrogen) atoms. The van der Waals surface area contributed by atoms with Crippen LogP contribution in [0.15, 0.2) is 30.3 Å². The number of nitrogens with one attached hydrogen (secondary N) is 1. The quantitative estimate of drug-likeness (QED) is 0.901. The molecule has 0 saturated carbocycles. The average Bonchev–Trinajstić information content (AvgIpc) is 2.61. The average molecular weight is 328 g/mol. The summed E-state index contributed by atoms with van der Waals surface area (Å²) >= 11 is 0. The van der Waals surface area contributed by atoms with Crippen LogP contribution in [0.3, 0.4) is 0 Å². The summed E-state index contributed by atoms with van der Waals surface area (Å²) in [6.45, 7) is 11.1. The predicted octanol–water partition coefficient (Wildman–Crippen LogP) is 2.25. The molecule has 0 aromatic heterocycles. The van der Waals surface area contributed by atoms with Gasteiger partial charge in [0.15, 0.2) is 0 Å². The summed E-state index contributed by atoms with van der Waals surface area (Å²) in [5.41, 5.74) is 0.406. The summed E-state index contributed by atoms with van der Waals surface area (Å²) in [4.78, 5) is 17.1. The van der Waals surface area contributed by atoms with Crippen molar-refractivity contribution < 1.29 is 4.79 Å². The van der Waals surface area contributed by atoms with Gasteiger partial charge in [0.2, 0.25) is 5.91 Å². The van der Waals surface area contributed by atoms with Crippen molar-refractivity contribution in [3.8, 4) is 6.07 Å². The van der Waals surface area contributed by atoms with Gasteiger partial charge >= 0.3 is 0 Å². The first-order valence-corrected chi connectivity index (χ1v) is 8.64. The number of hydrogen-bond donors (Lipinski definition) is 1. The van der Waals surface area contributed by atoms with E-state index in [2.05, 4.69) is 33.3 Å². The topological polar surface area (TPSA) is 59.4 Å². The Hall–Kier alpha value is -2.06. The molecule has 1 N–H and O–H groups in total. The Morgan fingerprint density at radius 1 is 1.17 bits per heavy atom. The van der Waals surface area contributed by atoms with Crippen LogP contribution in [0.1, 0.15) is 27.7 Å². The van der Waals surface area contributed by atoms with Crippen LogP contribution in [-0.4, -0.2) is 48.6 Å². The van der Waals surface area contributed by atoms with Crippen molar-refractivity contribution in [2.24, 2.45) is 5.92 Å². The summed E-state index contributed by atoms with van der Waals surface area (Å²) in [5, 5.41) is 12.3. The standard InChI is InChI=1S/C19H28N4O/c1-15(2)19(4,14-20)21-18(24)16(3)22-10-12-23(13-11-22)17-8-6-5-7-9-17/h5-9,15-16H,10-13H2,1-4H3,(H,21,24)/t16-,19+/m0/s1. The van der Waals surface area contributed by atoms with E-state index in [4.69, 9.17) is 0 Å². The lowest BCUT2D eigenvalue weighted by Crippen LogP contribution is -2.58. The van der Waals surface area contributed by atoms with Crippen LogP contribution in [0.5, 0.6) is 0 Å². The predicted molar refractivity (Wildman–Crippen MR) is 96.7 cm³/mol. The number of para-hydroxylation sites is 1. The molecule has 0 aliphatic carbocycles. The van der Waals surface area contributed by atoms with E-state index in [1.165, 1.54) is 5.69 Å². The number of anilines is 1. The molecule has 1 aromatic rings. The first-order chi connectivity index (χ1) is 11.4. The van der Waals surface area contributed by atoms with Gasteiger partial charge in [0.05, 0.1) is 12.1 Å². The highest BCUT2D eigenvalue weighted by molar-refractivity contribution is 5.82. The maximum absolute atomic E-state index is 12.6. The van der Waals surface area contributed by atoms with Gasteiger partial charge in [-0.3, -0.25) is 9.69 Å². The minimum atomic E-state index is -0.822. The molecule has 130 valence electrons. The van der Waals surface area contributed by atoms with E-state index in [-0.39, 0.29) is 17.9 Å². The van der Waals surface area contributed by atoms with Gasteiger partial charge in [0, 0.05) is 31.9 Å². The molecule has 1 saturated heterocycles. The van der Waals surface area contributed by atoms with Crippen LogP contribution in [0.2, 0.25) is 0 Å². The molecule has 1 aromatic carbocycles. The smallest absolute Gasteiger partial charge is 0.238 e. The molecule has 0 unspecified atom stereocenters. The third kappa shape index (κ3) is 4.07. The third-order valence-electron chi connectivity index (χ3n) is 5.13. The molecule has 0 radical (unpaired) electrons. The Bertz CT molecular complexity index is 587. The van der Waals surface area contributed by atoms with Crippen molar-refractivity contribution >= 4 is 11.6 Å². The number of nitrogens with zero attached hydrogens (tertiary/aromatic N) is 3. The van der Waals surface area contributed by atoms with Gasteiger partial charge in [-0.05, 0) is 31.9 Å². The minimum Gasteiger partial charge on any atom is -0.369 e. The number of carbonyl (C=O) groups excluding carboxylic acids is 1. The number of benzene rings is 1. The van der Waals surface area contributed by atoms with Gasteiger partial charge in [0.25, 0.3) is 0 Å². The molecule has 5 nitrogen and oxygen atoms in total. The first kappa shape index (κ1) is 18.3. The molecule has 1 aliphatic rings. The zero-order valence-corrected chi connectivity index (χ0v) is 15.1. The Kier molecular flexibility index (Phi) is 5.84. The summed E-state index contributed by atoms with van der Waals surface area (Å²) in [5.74, 6) is -0.00510. The lowest BCUT2D eigenvalue weighted by molar-refractivity contribution is -0.127. The fraction of sp³-hybridized carbons (Fsp3) is 0.579. The normalized spacial score (nSPS) is 19.4. The summed E-state index contributed by atoms with van der Waals surface area (Å²) in [6, 6.07) is 12.4. The van der Waals surface area contributed by atoms with Crippen LogP contribution in [0, 0.1) is 17.2 Å². The highest BCUT2D eigenvalue weighted by Crippen LogP contribution is 2.18. The Labute approximate surface area is 145 Å². The minimum absolute atomic E-state index is 0.0635. The van der Waals surface area contributed by atoms with Crippen LogP contribution in [-0.2, 0) is 4.79 Å². The van der Waals surface area contributed by atoms with Crippen molar-refractivity contribution in [2.45, 2.75) is 39.3 Å². The molecule has 0 spiro atoms. The SMILES string of the molecule is CC(C)[C@@](C)(C#N)NC(=O)[C@H](C)N1CCN(c2ccccc2)CC1. The van der Waals surface area contributed by atoms with E-state index < -0.39 is 5.54 Å². The number of rotatable bonds is 5. The van der Waals surface area contributed by atoms with E-state index in [0.29, 0.717) is 0 Å². The van der Waals surface area contributed by atoms with Gasteiger partial charge in [-0.2, -0.15) is 5.26 Å². The molecule has 2 atom stereocenters. The van der Waals surface area contributed by atoms with Gasteiger partial charge < -0.3 is 10.2 Å². The fourth-order valence-corrected chi connectivity index (χ4v) is 2.83. The molecular formula is C19H28N4O. The summed E-state index contributed by atoms with van der Waals surface area (Å²) < 4.78 is 0. The highest BCUT2D eigenvalue weighted by Gasteiger charge is 2.33. The second-order valence-electron chi connectivity index (χ2n) is 6.99. The van der Waals surface area contributed by atoms with E-state index in [1.807, 2.05) is 39.0 Å². The number of hydrogen-bond acceptors (Lipinski definition) is 4. The molecule has 1 aliphatic heterocycles. The maximum atomic E-state index is 12.6. The summed E-state index contributed by atoms with van der Waals surface area (Å²) in [7, 11) is 0. The van der Waals surface area contributed by atoms with Gasteiger partial charge in [-0.1, -0.05) is 32.0 Å². The molecular weight excluding hydrogens is 300 g/mol. The molecule has 1 fully saturated rings. The number of piperazine rings is 1.